The van der Waals surface area contributed by atoms with Gasteiger partial charge in [0.15, 0.2) is 0 Å². The van der Waals surface area contributed by atoms with E-state index in [2.05, 4.69) is 4.90 Å². The molecule has 0 amide bonds. The maximum atomic E-state index is 12.0. The van der Waals surface area contributed by atoms with Gasteiger partial charge in [-0.15, -0.1) is 12.4 Å². The van der Waals surface area contributed by atoms with Gasteiger partial charge < -0.3 is 9.47 Å². The van der Waals surface area contributed by atoms with Crippen molar-refractivity contribution in [3.8, 4) is 0 Å². The molecule has 2 fully saturated rings. The third-order valence-electron chi connectivity index (χ3n) is 3.84. The molecule has 0 spiro atoms. The molecule has 0 bridgehead atoms. The quantitative estimate of drug-likeness (QED) is 0.801. The molecular weight excluding hydrogens is 278 g/mol. The second-order valence-corrected chi connectivity index (χ2v) is 5.18. The van der Waals surface area contributed by atoms with Gasteiger partial charge in [0.1, 0.15) is 6.10 Å². The second kappa shape index (κ2) is 7.07. The lowest BCUT2D eigenvalue weighted by molar-refractivity contribution is -0.145. The third kappa shape index (κ3) is 3.51. The minimum Gasteiger partial charge on any atom is -0.457 e. The van der Waals surface area contributed by atoms with Gasteiger partial charge >= 0.3 is 5.97 Å². The summed E-state index contributed by atoms with van der Waals surface area (Å²) >= 11 is 0. The summed E-state index contributed by atoms with van der Waals surface area (Å²) in [6.07, 6.45) is 0.722. The van der Waals surface area contributed by atoms with Gasteiger partial charge in [0.25, 0.3) is 0 Å². The van der Waals surface area contributed by atoms with E-state index < -0.39 is 0 Å². The van der Waals surface area contributed by atoms with Gasteiger partial charge in [-0.05, 0) is 5.56 Å². The van der Waals surface area contributed by atoms with Crippen molar-refractivity contribution in [1.29, 1.82) is 0 Å². The van der Waals surface area contributed by atoms with Crippen LogP contribution in [0.2, 0.25) is 0 Å². The number of carbonyl (C=O) groups excluding carboxylic acids is 1. The number of nitrogens with zero attached hydrogens (tertiary/aromatic N) is 1. The number of esters is 1. The number of halogens is 1. The van der Waals surface area contributed by atoms with Crippen LogP contribution in [0.5, 0.6) is 0 Å². The Bertz CT molecular complexity index is 434. The number of carbonyl (C=O) groups is 1. The molecule has 2 aliphatic heterocycles. The number of cyclic esters (lactones) is 1. The van der Waals surface area contributed by atoms with Crippen LogP contribution in [-0.2, 0) is 14.3 Å². The third-order valence-corrected chi connectivity index (χ3v) is 3.84. The minimum atomic E-state index is -0.0697. The molecule has 20 heavy (non-hydrogen) atoms. The van der Waals surface area contributed by atoms with Crippen molar-refractivity contribution < 1.29 is 14.3 Å². The van der Waals surface area contributed by atoms with Crippen molar-refractivity contribution in [2.24, 2.45) is 5.92 Å². The molecule has 4 nitrogen and oxygen atoms in total. The van der Waals surface area contributed by atoms with Gasteiger partial charge in [0.2, 0.25) is 0 Å². The Balaban J connectivity index is 0.00000147. The molecule has 2 atom stereocenters. The average Bonchev–Trinajstić information content (AvgIpc) is 2.82. The molecule has 1 aromatic carbocycles. The van der Waals surface area contributed by atoms with Gasteiger partial charge in [-0.2, -0.15) is 0 Å². The summed E-state index contributed by atoms with van der Waals surface area (Å²) in [5.41, 5.74) is 1.10. The van der Waals surface area contributed by atoms with E-state index in [1.165, 1.54) is 0 Å². The Labute approximate surface area is 125 Å². The Morgan fingerprint density at radius 1 is 1.15 bits per heavy atom. The molecule has 0 radical (unpaired) electrons. The average molecular weight is 298 g/mol. The highest BCUT2D eigenvalue weighted by Gasteiger charge is 2.36. The second-order valence-electron chi connectivity index (χ2n) is 5.18. The predicted octanol–water partition coefficient (Wildman–Crippen LogP) is 2.04. The Kier molecular flexibility index (Phi) is 5.40. The number of rotatable bonds is 3. The summed E-state index contributed by atoms with van der Waals surface area (Å²) in [6, 6.07) is 9.99. The van der Waals surface area contributed by atoms with E-state index >= 15 is 0 Å². The predicted molar refractivity (Wildman–Crippen MR) is 77.9 cm³/mol. The lowest BCUT2D eigenvalue weighted by atomic mass is 9.99. The fraction of sp³-hybridized carbons (Fsp3) is 0.533. The first kappa shape index (κ1) is 15.3. The molecule has 1 aromatic rings. The first-order valence-corrected chi connectivity index (χ1v) is 6.88. The Hall–Kier alpha value is -1.10. The maximum Gasteiger partial charge on any atom is 0.311 e. The molecule has 5 heteroatoms. The summed E-state index contributed by atoms with van der Waals surface area (Å²) < 4.78 is 10.8. The number of benzene rings is 1. The summed E-state index contributed by atoms with van der Waals surface area (Å²) in [4.78, 5) is 14.2. The molecule has 2 unspecified atom stereocenters. The van der Waals surface area contributed by atoms with E-state index in [1.807, 2.05) is 30.3 Å². The Morgan fingerprint density at radius 3 is 2.55 bits per heavy atom. The lowest BCUT2D eigenvalue weighted by Crippen LogP contribution is -2.40. The van der Waals surface area contributed by atoms with Gasteiger partial charge in [-0.1, -0.05) is 30.3 Å². The first-order valence-electron chi connectivity index (χ1n) is 6.88. The highest BCUT2D eigenvalue weighted by atomic mass is 35.5. The van der Waals surface area contributed by atoms with Crippen molar-refractivity contribution in [2.45, 2.75) is 12.5 Å². The fourth-order valence-electron chi connectivity index (χ4n) is 2.76. The monoisotopic (exact) mass is 297 g/mol. The van der Waals surface area contributed by atoms with E-state index in [0.717, 1.165) is 44.8 Å². The Morgan fingerprint density at radius 2 is 1.85 bits per heavy atom. The van der Waals surface area contributed by atoms with Crippen LogP contribution in [-0.4, -0.2) is 43.7 Å². The fourth-order valence-corrected chi connectivity index (χ4v) is 2.76. The van der Waals surface area contributed by atoms with E-state index in [0.29, 0.717) is 0 Å². The summed E-state index contributed by atoms with van der Waals surface area (Å²) in [5, 5.41) is 0. The molecule has 0 aliphatic carbocycles. The van der Waals surface area contributed by atoms with Gasteiger partial charge in [-0.25, -0.2) is 0 Å². The van der Waals surface area contributed by atoms with Crippen LogP contribution in [0, 0.1) is 5.92 Å². The molecule has 2 heterocycles. The van der Waals surface area contributed by atoms with E-state index in [-0.39, 0.29) is 30.4 Å². The molecule has 2 saturated heterocycles. The lowest BCUT2D eigenvalue weighted by Gasteiger charge is -2.27. The van der Waals surface area contributed by atoms with Crippen LogP contribution in [0.4, 0.5) is 0 Å². The normalized spacial score (nSPS) is 26.9. The standard InChI is InChI=1S/C15H19NO3.ClH/c17-15-13(11-16-6-8-18-9-7-16)10-14(19-15)12-4-2-1-3-5-12;/h1-5,13-14H,6-11H2;1H. The van der Waals surface area contributed by atoms with Crippen LogP contribution in [0.25, 0.3) is 0 Å². The van der Waals surface area contributed by atoms with Crippen molar-refractivity contribution in [3.63, 3.8) is 0 Å². The van der Waals surface area contributed by atoms with Crippen molar-refractivity contribution in [1.82, 2.24) is 4.90 Å². The SMILES string of the molecule is Cl.O=C1OC(c2ccccc2)CC1CN1CCOCC1. The first-order chi connectivity index (χ1) is 9.33. The minimum absolute atomic E-state index is 0. The van der Waals surface area contributed by atoms with Gasteiger partial charge in [-0.3, -0.25) is 9.69 Å². The van der Waals surface area contributed by atoms with E-state index in [1.54, 1.807) is 0 Å². The number of ether oxygens (including phenoxy) is 2. The molecule has 0 saturated carbocycles. The molecule has 2 aliphatic rings. The number of hydrogen-bond donors (Lipinski definition) is 0. The van der Waals surface area contributed by atoms with Crippen LogP contribution in [0.15, 0.2) is 30.3 Å². The van der Waals surface area contributed by atoms with Crippen molar-refractivity contribution in [2.75, 3.05) is 32.8 Å². The van der Waals surface area contributed by atoms with Gasteiger partial charge in [0, 0.05) is 26.1 Å². The van der Waals surface area contributed by atoms with Crippen molar-refractivity contribution >= 4 is 18.4 Å². The molecule has 110 valence electrons. The molecule has 3 rings (SSSR count). The van der Waals surface area contributed by atoms with Gasteiger partial charge in [0.05, 0.1) is 19.1 Å². The van der Waals surface area contributed by atoms with E-state index in [9.17, 15) is 4.79 Å². The van der Waals surface area contributed by atoms with E-state index in [4.69, 9.17) is 9.47 Å². The van der Waals surface area contributed by atoms with Crippen molar-refractivity contribution in [3.05, 3.63) is 35.9 Å². The highest BCUT2D eigenvalue weighted by Crippen LogP contribution is 2.33. The molecular formula is C15H20ClNO3. The molecule has 0 aromatic heterocycles. The zero-order valence-corrected chi connectivity index (χ0v) is 12.2. The summed E-state index contributed by atoms with van der Waals surface area (Å²) in [5.74, 6) is -0.0522. The highest BCUT2D eigenvalue weighted by molar-refractivity contribution is 5.85. The molecule has 0 N–H and O–H groups in total. The largest absolute Gasteiger partial charge is 0.457 e. The topological polar surface area (TPSA) is 38.8 Å². The van der Waals surface area contributed by atoms with Crippen LogP contribution >= 0.6 is 12.4 Å². The summed E-state index contributed by atoms with van der Waals surface area (Å²) in [7, 11) is 0. The maximum absolute atomic E-state index is 12.0. The number of hydrogen-bond acceptors (Lipinski definition) is 4. The van der Waals surface area contributed by atoms with Crippen LogP contribution in [0.3, 0.4) is 0 Å². The van der Waals surface area contributed by atoms with Crippen LogP contribution in [0.1, 0.15) is 18.1 Å². The zero-order valence-electron chi connectivity index (χ0n) is 11.4. The van der Waals surface area contributed by atoms with Crippen LogP contribution < -0.4 is 0 Å². The zero-order chi connectivity index (χ0) is 13.1. The summed E-state index contributed by atoms with van der Waals surface area (Å²) in [6.45, 7) is 4.17. The number of morpholine rings is 1. The smallest absolute Gasteiger partial charge is 0.311 e.